The molecule has 104 valence electrons. The maximum Gasteiger partial charge on any atom is 0.265 e. The summed E-state index contributed by atoms with van der Waals surface area (Å²) in [5, 5.41) is 2.82. The van der Waals surface area contributed by atoms with Crippen LogP contribution in [0.1, 0.15) is 12.5 Å². The van der Waals surface area contributed by atoms with E-state index in [1.54, 1.807) is 6.92 Å². The summed E-state index contributed by atoms with van der Waals surface area (Å²) in [5.74, 6) is 0.525. The van der Waals surface area contributed by atoms with Crippen molar-refractivity contribution in [1.82, 2.24) is 0 Å². The highest BCUT2D eigenvalue weighted by Crippen LogP contribution is 2.16. The summed E-state index contributed by atoms with van der Waals surface area (Å²) in [5.41, 5.74) is 1.85. The van der Waals surface area contributed by atoms with Crippen molar-refractivity contribution in [3.63, 3.8) is 0 Å². The Bertz CT molecular complexity index is 596. The topological polar surface area (TPSA) is 38.3 Å². The van der Waals surface area contributed by atoms with Crippen LogP contribution in [0, 0.1) is 6.92 Å². The van der Waals surface area contributed by atoms with Gasteiger partial charge in [0, 0.05) is 10.2 Å². The Labute approximate surface area is 127 Å². The molecule has 0 heterocycles. The van der Waals surface area contributed by atoms with Crippen molar-refractivity contribution < 1.29 is 9.53 Å². The average Bonchev–Trinajstić information content (AvgIpc) is 2.41. The van der Waals surface area contributed by atoms with Crippen molar-refractivity contribution in [2.24, 2.45) is 0 Å². The second-order valence-corrected chi connectivity index (χ2v) is 5.49. The lowest BCUT2D eigenvalue weighted by atomic mass is 10.2. The average molecular weight is 334 g/mol. The number of aryl methyl sites for hydroxylation is 1. The minimum atomic E-state index is -0.555. The lowest BCUT2D eigenvalue weighted by Crippen LogP contribution is -2.30. The second kappa shape index (κ2) is 6.57. The van der Waals surface area contributed by atoms with Gasteiger partial charge >= 0.3 is 0 Å². The van der Waals surface area contributed by atoms with Crippen molar-refractivity contribution in [3.8, 4) is 5.75 Å². The summed E-state index contributed by atoms with van der Waals surface area (Å²) in [4.78, 5) is 12.0. The highest BCUT2D eigenvalue weighted by atomic mass is 79.9. The zero-order chi connectivity index (χ0) is 14.5. The molecule has 0 bridgehead atoms. The molecular formula is C16H16BrNO2. The Hall–Kier alpha value is -1.81. The van der Waals surface area contributed by atoms with E-state index in [1.165, 1.54) is 0 Å². The second-order valence-electron chi connectivity index (χ2n) is 4.57. The molecule has 0 aliphatic carbocycles. The van der Waals surface area contributed by atoms with E-state index in [1.807, 2.05) is 55.5 Å². The minimum absolute atomic E-state index is 0.172. The van der Waals surface area contributed by atoms with Gasteiger partial charge in [0.1, 0.15) is 5.75 Å². The number of rotatable bonds is 4. The smallest absolute Gasteiger partial charge is 0.265 e. The van der Waals surface area contributed by atoms with Gasteiger partial charge < -0.3 is 10.1 Å². The number of nitrogens with one attached hydrogen (secondary N) is 1. The van der Waals surface area contributed by atoms with Gasteiger partial charge in [-0.3, -0.25) is 4.79 Å². The maximum atomic E-state index is 12.0. The molecular weight excluding hydrogens is 318 g/mol. The lowest BCUT2D eigenvalue weighted by Gasteiger charge is -2.15. The number of ether oxygens (including phenoxy) is 1. The molecule has 4 heteroatoms. The molecule has 0 fully saturated rings. The van der Waals surface area contributed by atoms with Crippen molar-refractivity contribution in [3.05, 3.63) is 58.6 Å². The minimum Gasteiger partial charge on any atom is -0.481 e. The first-order chi connectivity index (χ1) is 9.54. The molecule has 0 radical (unpaired) electrons. The third kappa shape index (κ3) is 4.10. The van der Waals surface area contributed by atoms with Crippen molar-refractivity contribution in [2.75, 3.05) is 5.32 Å². The van der Waals surface area contributed by atoms with Gasteiger partial charge in [0.25, 0.3) is 5.91 Å². The van der Waals surface area contributed by atoms with Crippen LogP contribution in [0.4, 0.5) is 5.69 Å². The summed E-state index contributed by atoms with van der Waals surface area (Å²) in [6, 6.07) is 15.1. The van der Waals surface area contributed by atoms with E-state index < -0.39 is 6.10 Å². The van der Waals surface area contributed by atoms with Gasteiger partial charge in [0.15, 0.2) is 6.10 Å². The van der Waals surface area contributed by atoms with Crippen molar-refractivity contribution in [2.45, 2.75) is 20.0 Å². The molecule has 1 amide bonds. The predicted octanol–water partition coefficient (Wildman–Crippen LogP) is 4.16. The Morgan fingerprint density at radius 1 is 1.20 bits per heavy atom. The molecule has 2 rings (SSSR count). The first kappa shape index (κ1) is 14.6. The number of hydrogen-bond donors (Lipinski definition) is 1. The van der Waals surface area contributed by atoms with Crippen LogP contribution in [0.2, 0.25) is 0 Å². The molecule has 1 N–H and O–H groups in total. The molecule has 20 heavy (non-hydrogen) atoms. The predicted molar refractivity (Wildman–Crippen MR) is 84.0 cm³/mol. The van der Waals surface area contributed by atoms with Crippen LogP contribution >= 0.6 is 15.9 Å². The molecule has 1 atom stereocenters. The largest absolute Gasteiger partial charge is 0.481 e. The summed E-state index contributed by atoms with van der Waals surface area (Å²) in [7, 11) is 0. The van der Waals surface area contributed by atoms with Crippen LogP contribution in [0.25, 0.3) is 0 Å². The molecule has 3 nitrogen and oxygen atoms in total. The van der Waals surface area contributed by atoms with E-state index in [9.17, 15) is 4.79 Å². The zero-order valence-corrected chi connectivity index (χ0v) is 13.0. The number of amides is 1. The van der Waals surface area contributed by atoms with Gasteiger partial charge in [-0.15, -0.1) is 0 Å². The van der Waals surface area contributed by atoms with Crippen LogP contribution in [-0.2, 0) is 4.79 Å². The number of benzene rings is 2. The molecule has 0 saturated carbocycles. The number of carbonyl (C=O) groups excluding carboxylic acids is 1. The van der Waals surface area contributed by atoms with E-state index >= 15 is 0 Å². The van der Waals surface area contributed by atoms with Gasteiger partial charge in [-0.05, 0) is 55.8 Å². The molecule has 0 aromatic heterocycles. The van der Waals surface area contributed by atoms with Crippen LogP contribution in [0.3, 0.4) is 0 Å². The molecule has 2 aromatic rings. The van der Waals surface area contributed by atoms with Crippen LogP contribution in [-0.4, -0.2) is 12.0 Å². The Morgan fingerprint density at radius 2 is 1.90 bits per heavy atom. The normalized spacial score (nSPS) is 11.8. The molecule has 0 aliphatic rings. The van der Waals surface area contributed by atoms with E-state index in [0.29, 0.717) is 5.75 Å². The number of carbonyl (C=O) groups is 1. The summed E-state index contributed by atoms with van der Waals surface area (Å²) < 4.78 is 6.60. The van der Waals surface area contributed by atoms with Crippen LogP contribution in [0.15, 0.2) is 53.0 Å². The number of hydrogen-bond acceptors (Lipinski definition) is 2. The van der Waals surface area contributed by atoms with Gasteiger partial charge in [-0.25, -0.2) is 0 Å². The lowest BCUT2D eigenvalue weighted by molar-refractivity contribution is -0.122. The van der Waals surface area contributed by atoms with Gasteiger partial charge in [-0.1, -0.05) is 28.1 Å². The molecule has 0 aliphatic heterocycles. The molecule has 0 saturated heterocycles. The fourth-order valence-electron chi connectivity index (χ4n) is 1.72. The van der Waals surface area contributed by atoms with E-state index in [-0.39, 0.29) is 5.91 Å². The first-order valence-corrected chi connectivity index (χ1v) is 7.13. The van der Waals surface area contributed by atoms with E-state index in [4.69, 9.17) is 4.74 Å². The molecule has 2 aromatic carbocycles. The summed E-state index contributed by atoms with van der Waals surface area (Å²) >= 11 is 3.35. The molecule has 0 spiro atoms. The van der Waals surface area contributed by atoms with Crippen LogP contribution < -0.4 is 10.1 Å². The standard InChI is InChI=1S/C16H16BrNO2/c1-11-4-3-5-15(10-11)20-12(2)16(19)18-14-8-6-13(17)7-9-14/h3-10,12H,1-2H3,(H,18,19). The van der Waals surface area contributed by atoms with Crippen molar-refractivity contribution >= 4 is 27.5 Å². The third-order valence-electron chi connectivity index (χ3n) is 2.78. The fourth-order valence-corrected chi connectivity index (χ4v) is 1.99. The Kier molecular flexibility index (Phi) is 4.79. The Morgan fingerprint density at radius 3 is 2.55 bits per heavy atom. The molecule has 1 unspecified atom stereocenters. The number of halogens is 1. The third-order valence-corrected chi connectivity index (χ3v) is 3.31. The van der Waals surface area contributed by atoms with Gasteiger partial charge in [0.2, 0.25) is 0 Å². The SMILES string of the molecule is Cc1cccc(OC(C)C(=O)Nc2ccc(Br)cc2)c1. The monoisotopic (exact) mass is 333 g/mol. The van der Waals surface area contributed by atoms with Crippen molar-refractivity contribution in [1.29, 1.82) is 0 Å². The first-order valence-electron chi connectivity index (χ1n) is 6.34. The van der Waals surface area contributed by atoms with E-state index in [0.717, 1.165) is 15.7 Å². The fraction of sp³-hybridized carbons (Fsp3) is 0.188. The number of anilines is 1. The quantitative estimate of drug-likeness (QED) is 0.912. The Balaban J connectivity index is 1.96. The maximum absolute atomic E-state index is 12.0. The van der Waals surface area contributed by atoms with Gasteiger partial charge in [-0.2, -0.15) is 0 Å². The zero-order valence-electron chi connectivity index (χ0n) is 11.4. The van der Waals surface area contributed by atoms with E-state index in [2.05, 4.69) is 21.2 Å². The summed E-state index contributed by atoms with van der Waals surface area (Å²) in [6.45, 7) is 3.72. The summed E-state index contributed by atoms with van der Waals surface area (Å²) in [6.07, 6.45) is -0.555. The van der Waals surface area contributed by atoms with Gasteiger partial charge in [0.05, 0.1) is 0 Å². The highest BCUT2D eigenvalue weighted by Gasteiger charge is 2.14. The highest BCUT2D eigenvalue weighted by molar-refractivity contribution is 9.10. The van der Waals surface area contributed by atoms with Crippen LogP contribution in [0.5, 0.6) is 5.75 Å².